The molecule has 0 saturated carbocycles. The molecule has 0 bridgehead atoms. The van der Waals surface area contributed by atoms with Crippen LogP contribution in [0.5, 0.6) is 0 Å². The van der Waals surface area contributed by atoms with Crippen LogP contribution in [0.15, 0.2) is 0 Å². The van der Waals surface area contributed by atoms with E-state index < -0.39 is 5.97 Å². The first-order valence-corrected chi connectivity index (χ1v) is 1.49. The Kier molecular flexibility index (Phi) is 7.84. The molecule has 0 aliphatic heterocycles. The topological polar surface area (TPSA) is 37.3 Å². The first-order chi connectivity index (χ1) is 2.27. The van der Waals surface area contributed by atoms with Gasteiger partial charge in [0.05, 0.1) is 0 Å². The van der Waals surface area contributed by atoms with E-state index in [-0.39, 0.29) is 24.0 Å². The Bertz CT molecular complexity index is 44.1. The molecule has 6 heavy (non-hydrogen) atoms. The molecule has 3 heteroatoms. The molecule has 0 unspecified atom stereocenters. The fourth-order valence-corrected chi connectivity index (χ4v) is 0. The molecule has 2 nitrogen and oxygen atoms in total. The zero-order chi connectivity index (χ0) is 4.28. The summed E-state index contributed by atoms with van der Waals surface area (Å²) in [5.41, 5.74) is 0. The average Bonchev–Trinajstić information content (AvgIpc) is 1.38. The summed E-state index contributed by atoms with van der Waals surface area (Å²) in [4.78, 5) is 9.37. The van der Waals surface area contributed by atoms with E-state index in [0.29, 0.717) is 0 Å². The molecular formula is C3H10GeO2. The van der Waals surface area contributed by atoms with Crippen LogP contribution in [0.25, 0.3) is 0 Å². The number of hydrogen-bond donors (Lipinski definition) is 1. The van der Waals surface area contributed by atoms with E-state index in [1.165, 1.54) is 0 Å². The van der Waals surface area contributed by atoms with Crippen LogP contribution in [-0.2, 0) is 4.79 Å². The second kappa shape index (κ2) is 5.01. The van der Waals surface area contributed by atoms with Crippen LogP contribution in [0.3, 0.4) is 0 Å². The number of hydrogen-bond acceptors (Lipinski definition) is 1. The van der Waals surface area contributed by atoms with Crippen molar-refractivity contribution in [2.75, 3.05) is 0 Å². The van der Waals surface area contributed by atoms with E-state index in [4.69, 9.17) is 5.11 Å². The molecule has 0 heterocycles. The van der Waals surface area contributed by atoms with Crippen molar-refractivity contribution in [1.82, 2.24) is 0 Å². The van der Waals surface area contributed by atoms with Crippen molar-refractivity contribution in [3.8, 4) is 0 Å². The number of carbonyl (C=O) groups is 1. The van der Waals surface area contributed by atoms with Gasteiger partial charge in [0, 0.05) is 6.42 Å². The van der Waals surface area contributed by atoms with Crippen molar-refractivity contribution >= 4 is 23.6 Å². The van der Waals surface area contributed by atoms with Crippen LogP contribution >= 0.6 is 0 Å². The van der Waals surface area contributed by atoms with Gasteiger partial charge in [0.2, 0.25) is 0 Å². The summed E-state index contributed by atoms with van der Waals surface area (Å²) in [5, 5.41) is 7.72. The van der Waals surface area contributed by atoms with E-state index in [9.17, 15) is 4.79 Å². The van der Waals surface area contributed by atoms with E-state index in [2.05, 4.69) is 0 Å². The molecule has 0 aromatic carbocycles. The molecule has 38 valence electrons. The predicted octanol–water partition coefficient (Wildman–Crippen LogP) is -0.971. The van der Waals surface area contributed by atoms with Gasteiger partial charge < -0.3 is 5.11 Å². The monoisotopic (exact) mass is 152 g/mol. The van der Waals surface area contributed by atoms with Gasteiger partial charge in [-0.05, 0) is 0 Å². The van der Waals surface area contributed by atoms with Crippen molar-refractivity contribution in [3.63, 3.8) is 0 Å². The van der Waals surface area contributed by atoms with Gasteiger partial charge in [-0.15, -0.1) is 0 Å². The summed E-state index contributed by atoms with van der Waals surface area (Å²) >= 11 is 0. The maximum absolute atomic E-state index is 9.37. The molecule has 0 spiro atoms. The number of aliphatic carboxylic acids is 1. The summed E-state index contributed by atoms with van der Waals surface area (Å²) in [6, 6.07) is 0. The molecule has 0 radical (unpaired) electrons. The van der Waals surface area contributed by atoms with E-state index in [1.54, 1.807) is 6.92 Å². The van der Waals surface area contributed by atoms with Gasteiger partial charge in [0.1, 0.15) is 0 Å². The Hall–Kier alpha value is 0.0129. The Morgan fingerprint density at radius 2 is 2.00 bits per heavy atom. The predicted molar refractivity (Wildman–Crippen MR) is 29.3 cm³/mol. The second-order valence-corrected chi connectivity index (χ2v) is 0.747. The average molecular weight is 151 g/mol. The van der Waals surface area contributed by atoms with Crippen LogP contribution in [0.4, 0.5) is 0 Å². The SMILES string of the molecule is CCC(=O)O.[GeH4]. The van der Waals surface area contributed by atoms with Gasteiger partial charge in [-0.3, -0.25) is 4.79 Å². The van der Waals surface area contributed by atoms with Crippen molar-refractivity contribution in [1.29, 1.82) is 0 Å². The normalized spacial score (nSPS) is 6.17. The third-order valence-corrected chi connectivity index (χ3v) is 0.302. The van der Waals surface area contributed by atoms with Crippen LogP contribution in [0.1, 0.15) is 13.3 Å². The zero-order valence-corrected chi connectivity index (χ0v) is 3.06. The van der Waals surface area contributed by atoms with Gasteiger partial charge in [-0.2, -0.15) is 0 Å². The summed E-state index contributed by atoms with van der Waals surface area (Å²) in [6.45, 7) is 1.60. The van der Waals surface area contributed by atoms with Crippen LogP contribution in [0.2, 0.25) is 0 Å². The van der Waals surface area contributed by atoms with E-state index in [1.807, 2.05) is 0 Å². The molecule has 0 atom stereocenters. The molecule has 0 rings (SSSR count). The van der Waals surface area contributed by atoms with Crippen LogP contribution < -0.4 is 0 Å². The molecule has 1 N–H and O–H groups in total. The maximum atomic E-state index is 9.37. The molecule has 0 aliphatic carbocycles. The third kappa shape index (κ3) is 8.99. The zero-order valence-electron chi connectivity index (χ0n) is 3.06. The van der Waals surface area contributed by atoms with Crippen LogP contribution in [-0.4, -0.2) is 28.7 Å². The molecule has 0 amide bonds. The number of rotatable bonds is 1. The Morgan fingerprint density at radius 3 is 2.00 bits per heavy atom. The summed E-state index contributed by atoms with van der Waals surface area (Å²) in [6.07, 6.45) is 0.222. The van der Waals surface area contributed by atoms with E-state index >= 15 is 0 Å². The van der Waals surface area contributed by atoms with Gasteiger partial charge in [0.25, 0.3) is 0 Å². The first-order valence-electron chi connectivity index (χ1n) is 1.49. The Balaban J connectivity index is 0. The molecule has 0 saturated heterocycles. The van der Waals surface area contributed by atoms with Crippen molar-refractivity contribution in [3.05, 3.63) is 0 Å². The van der Waals surface area contributed by atoms with E-state index in [0.717, 1.165) is 0 Å². The van der Waals surface area contributed by atoms with Crippen molar-refractivity contribution < 1.29 is 9.90 Å². The standard InChI is InChI=1S/C3H6O2.GeH4/c1-2-3(4)5;/h2H2,1H3,(H,4,5);1H4. The fraction of sp³-hybridized carbons (Fsp3) is 0.667. The molecule has 0 aromatic rings. The fourth-order valence-electron chi connectivity index (χ4n) is 0. The summed E-state index contributed by atoms with van der Waals surface area (Å²) in [7, 11) is 0. The quantitative estimate of drug-likeness (QED) is 0.489. The first kappa shape index (κ1) is 9.38. The molecule has 0 fully saturated rings. The summed E-state index contributed by atoms with van der Waals surface area (Å²) in [5.74, 6) is -0.745. The minimum absolute atomic E-state index is 0. The number of carboxylic acids is 1. The van der Waals surface area contributed by atoms with Gasteiger partial charge >= 0.3 is 23.6 Å². The third-order valence-electron chi connectivity index (χ3n) is 0.302. The van der Waals surface area contributed by atoms with Crippen molar-refractivity contribution in [2.24, 2.45) is 0 Å². The Morgan fingerprint density at radius 1 is 1.83 bits per heavy atom. The Labute approximate surface area is 47.5 Å². The molecular weight excluding hydrogens is 141 g/mol. The van der Waals surface area contributed by atoms with Gasteiger partial charge in [0.15, 0.2) is 0 Å². The van der Waals surface area contributed by atoms with Crippen molar-refractivity contribution in [2.45, 2.75) is 13.3 Å². The second-order valence-electron chi connectivity index (χ2n) is 0.747. The summed E-state index contributed by atoms with van der Waals surface area (Å²) < 4.78 is 0. The van der Waals surface area contributed by atoms with Crippen LogP contribution in [0, 0.1) is 0 Å². The minimum atomic E-state index is -0.745. The number of carboxylic acid groups (broad SMARTS) is 1. The van der Waals surface area contributed by atoms with Gasteiger partial charge in [-0.1, -0.05) is 6.92 Å². The molecule has 0 aliphatic rings. The van der Waals surface area contributed by atoms with Gasteiger partial charge in [-0.25, -0.2) is 0 Å². The molecule has 0 aromatic heterocycles.